The van der Waals surface area contributed by atoms with E-state index in [1.165, 1.54) is 56.6 Å². The fourth-order valence-corrected chi connectivity index (χ4v) is 5.67. The molecule has 2 fully saturated rings. The Morgan fingerprint density at radius 1 is 1.05 bits per heavy atom. The van der Waals surface area contributed by atoms with Gasteiger partial charge in [-0.15, -0.1) is 0 Å². The molecule has 3 rings (SSSR count). The van der Waals surface area contributed by atoms with Crippen molar-refractivity contribution in [2.24, 2.45) is 16.6 Å². The highest BCUT2D eigenvalue weighted by Gasteiger charge is 2.35. The quantitative estimate of drug-likeness (QED) is 0.245. The average molecular weight is 616 g/mol. The van der Waals surface area contributed by atoms with Crippen LogP contribution in [0.2, 0.25) is 0 Å². The van der Waals surface area contributed by atoms with Gasteiger partial charge in [-0.25, -0.2) is 4.39 Å². The van der Waals surface area contributed by atoms with Gasteiger partial charge < -0.3 is 15.7 Å². The van der Waals surface area contributed by atoms with Crippen LogP contribution in [0.15, 0.2) is 40.5 Å². The average Bonchev–Trinajstić information content (AvgIpc) is 3.03. The van der Waals surface area contributed by atoms with E-state index >= 15 is 0 Å². The first-order chi connectivity index (χ1) is 20.9. The third-order valence-corrected chi connectivity index (χ3v) is 8.88. The minimum atomic E-state index is -1.32. The van der Waals surface area contributed by atoms with Crippen LogP contribution in [0.25, 0.3) is 0 Å². The van der Waals surface area contributed by atoms with Crippen molar-refractivity contribution in [2.75, 3.05) is 26.3 Å². The van der Waals surface area contributed by atoms with Gasteiger partial charge in [0.05, 0.1) is 12.1 Å². The lowest BCUT2D eigenvalue weighted by atomic mass is 9.89. The Balaban J connectivity index is 0.000000399. The first-order valence-corrected chi connectivity index (χ1v) is 17.1. The lowest BCUT2D eigenvalue weighted by molar-refractivity contribution is -0.132. The third kappa shape index (κ3) is 14.0. The molecule has 0 radical (unpaired) electrons. The Morgan fingerprint density at radius 3 is 2.23 bits per heavy atom. The number of carbonyl (C=O) groups is 2. The molecule has 0 spiro atoms. The van der Waals surface area contributed by atoms with E-state index in [0.717, 1.165) is 36.5 Å². The second-order valence-corrected chi connectivity index (χ2v) is 12.9. The summed E-state index contributed by atoms with van der Waals surface area (Å²) in [4.78, 5) is 29.7. The predicted molar refractivity (Wildman–Crippen MR) is 183 cm³/mol. The maximum atomic E-state index is 12.8. The van der Waals surface area contributed by atoms with E-state index in [0.29, 0.717) is 12.3 Å². The molecule has 2 unspecified atom stereocenters. The molecule has 6 nitrogen and oxygen atoms in total. The molecule has 1 amide bonds. The van der Waals surface area contributed by atoms with Crippen LogP contribution in [0.5, 0.6) is 0 Å². The predicted octanol–water partition coefficient (Wildman–Crippen LogP) is 8.25. The first-order valence-electron chi connectivity index (χ1n) is 17.1. The first kappa shape index (κ1) is 39.5. The van der Waals surface area contributed by atoms with Gasteiger partial charge in [0.25, 0.3) is 5.91 Å². The SMILES string of the molecule is CC(=O)CN=C1CCCC/C1=C(/N)C(=O)N1CCC(O)(CF)CC1.CCC(C)c1ccccc1C.CCCCC(C)CCC. The highest BCUT2D eigenvalue weighted by atomic mass is 19.1. The summed E-state index contributed by atoms with van der Waals surface area (Å²) in [6.07, 6.45) is 11.9. The summed E-state index contributed by atoms with van der Waals surface area (Å²) in [5, 5.41) is 9.92. The number of nitrogens with zero attached hydrogens (tertiary/aromatic N) is 2. The summed E-state index contributed by atoms with van der Waals surface area (Å²) in [6.45, 7) is 14.9. The number of hydrogen-bond acceptors (Lipinski definition) is 5. The lowest BCUT2D eigenvalue weighted by Crippen LogP contribution is -2.49. The van der Waals surface area contributed by atoms with Gasteiger partial charge in [-0.2, -0.15) is 0 Å². The van der Waals surface area contributed by atoms with Crippen LogP contribution in [-0.2, 0) is 9.59 Å². The van der Waals surface area contributed by atoms with Crippen molar-refractivity contribution in [3.05, 3.63) is 46.7 Å². The zero-order chi connectivity index (χ0) is 33.1. The second-order valence-electron chi connectivity index (χ2n) is 12.9. The number of carbonyl (C=O) groups excluding carboxylic acids is 2. The smallest absolute Gasteiger partial charge is 0.270 e. The molecule has 1 saturated heterocycles. The second kappa shape index (κ2) is 21.2. The molecule has 1 saturated carbocycles. The summed E-state index contributed by atoms with van der Waals surface area (Å²) >= 11 is 0. The molecule has 0 bridgehead atoms. The highest BCUT2D eigenvalue weighted by molar-refractivity contribution is 6.08. The lowest BCUT2D eigenvalue weighted by Gasteiger charge is -2.36. The van der Waals surface area contributed by atoms with E-state index in [2.05, 4.69) is 70.8 Å². The number of unbranched alkanes of at least 4 members (excludes halogenated alkanes) is 1. The number of allylic oxidation sites excluding steroid dienone is 1. The van der Waals surface area contributed by atoms with Crippen molar-refractivity contribution in [1.29, 1.82) is 0 Å². The van der Waals surface area contributed by atoms with E-state index in [4.69, 9.17) is 5.73 Å². The van der Waals surface area contributed by atoms with Gasteiger partial charge in [-0.3, -0.25) is 14.6 Å². The minimum absolute atomic E-state index is 0.0288. The number of Topliss-reactive ketones (excluding diaryl/α,β-unsaturated/α-hetero) is 1. The van der Waals surface area contributed by atoms with Gasteiger partial charge in [-0.1, -0.05) is 91.0 Å². The number of hydrogen-bond donors (Lipinski definition) is 2. The molecular formula is C37H62FN3O3. The fraction of sp³-hybridized carbons (Fsp3) is 0.703. The number of ketones is 1. The largest absolute Gasteiger partial charge is 0.394 e. The fourth-order valence-electron chi connectivity index (χ4n) is 5.67. The molecule has 7 heteroatoms. The van der Waals surface area contributed by atoms with Crippen molar-refractivity contribution in [2.45, 2.75) is 137 Å². The van der Waals surface area contributed by atoms with Crippen molar-refractivity contribution in [3.8, 4) is 0 Å². The number of likely N-dealkylation sites (tertiary alicyclic amines) is 1. The van der Waals surface area contributed by atoms with Crippen molar-refractivity contribution < 1.29 is 19.1 Å². The summed E-state index contributed by atoms with van der Waals surface area (Å²) in [5.74, 6) is 1.35. The van der Waals surface area contributed by atoms with Gasteiger partial charge in [0.15, 0.2) is 5.78 Å². The van der Waals surface area contributed by atoms with Gasteiger partial charge in [-0.05, 0) is 81.8 Å². The standard InChI is InChI=1S/C17H26FN3O3.C11H16.C9H20/c1-12(22)10-20-14-5-3-2-4-13(14)15(19)16(23)21-8-6-17(24,11-18)7-9-21;1-4-9(2)11-8-6-5-7-10(11)3;1-4-6-8-9(3)7-5-2/h24H,2-11,19H2,1H3;5-9H,4H2,1-3H3;9H,4-8H2,1-3H3/b15-13-,20-14?;;. The molecule has 1 aromatic rings. The number of aryl methyl sites for hydroxylation is 1. The maximum absolute atomic E-state index is 12.8. The monoisotopic (exact) mass is 615 g/mol. The number of amides is 1. The number of nitrogens with two attached hydrogens (primary N) is 1. The normalized spacial score (nSPS) is 19.6. The highest BCUT2D eigenvalue weighted by Crippen LogP contribution is 2.27. The molecule has 2 atom stereocenters. The Hall–Kier alpha value is -2.54. The van der Waals surface area contributed by atoms with Gasteiger partial charge in [0, 0.05) is 24.4 Å². The number of piperidine rings is 1. The van der Waals surface area contributed by atoms with Crippen molar-refractivity contribution in [3.63, 3.8) is 0 Å². The third-order valence-electron chi connectivity index (χ3n) is 8.88. The van der Waals surface area contributed by atoms with Crippen LogP contribution < -0.4 is 5.73 Å². The topological polar surface area (TPSA) is 96.0 Å². The Labute approximate surface area is 267 Å². The summed E-state index contributed by atoms with van der Waals surface area (Å²) < 4.78 is 12.8. The van der Waals surface area contributed by atoms with E-state index in [9.17, 15) is 19.1 Å². The number of halogens is 1. The van der Waals surface area contributed by atoms with Crippen LogP contribution in [0.3, 0.4) is 0 Å². The van der Waals surface area contributed by atoms with Gasteiger partial charge >= 0.3 is 0 Å². The van der Waals surface area contributed by atoms with Crippen LogP contribution in [0, 0.1) is 12.8 Å². The van der Waals surface area contributed by atoms with Gasteiger partial charge in [0.2, 0.25) is 0 Å². The zero-order valence-corrected chi connectivity index (χ0v) is 28.9. The number of alkyl halides is 1. The van der Waals surface area contributed by atoms with Gasteiger partial charge in [0.1, 0.15) is 12.4 Å². The Kier molecular flexibility index (Phi) is 19.1. The molecular weight excluding hydrogens is 553 g/mol. The molecule has 2 aliphatic rings. The Morgan fingerprint density at radius 2 is 1.68 bits per heavy atom. The van der Waals surface area contributed by atoms with Crippen molar-refractivity contribution in [1.82, 2.24) is 4.90 Å². The van der Waals surface area contributed by atoms with E-state index in [-0.39, 0.29) is 49.9 Å². The molecule has 1 aliphatic heterocycles. The molecule has 0 aromatic heterocycles. The van der Waals surface area contributed by atoms with Crippen molar-refractivity contribution >= 4 is 17.4 Å². The molecule has 1 aliphatic carbocycles. The number of rotatable bonds is 11. The van der Waals surface area contributed by atoms with Crippen LogP contribution in [-0.4, -0.2) is 59.3 Å². The molecule has 3 N–H and O–H groups in total. The van der Waals surface area contributed by atoms with E-state index in [1.807, 2.05) is 0 Å². The van der Waals surface area contributed by atoms with Crippen LogP contribution in [0.4, 0.5) is 4.39 Å². The number of benzene rings is 1. The van der Waals surface area contributed by atoms with Crippen LogP contribution >= 0.6 is 0 Å². The minimum Gasteiger partial charge on any atom is -0.394 e. The zero-order valence-electron chi connectivity index (χ0n) is 28.9. The maximum Gasteiger partial charge on any atom is 0.270 e. The number of aliphatic imine (C=N–C) groups is 1. The van der Waals surface area contributed by atoms with E-state index in [1.54, 1.807) is 4.90 Å². The van der Waals surface area contributed by atoms with E-state index < -0.39 is 12.3 Å². The molecule has 1 heterocycles. The summed E-state index contributed by atoms with van der Waals surface area (Å²) in [7, 11) is 0. The Bertz CT molecular complexity index is 1060. The summed E-state index contributed by atoms with van der Waals surface area (Å²) in [6, 6.07) is 8.63. The summed E-state index contributed by atoms with van der Waals surface area (Å²) in [5.41, 5.74) is 9.35. The van der Waals surface area contributed by atoms with Crippen LogP contribution in [0.1, 0.15) is 136 Å². The molecule has 44 heavy (non-hydrogen) atoms. The number of aliphatic hydroxyl groups is 1. The molecule has 1 aromatic carbocycles. The molecule has 250 valence electrons.